The van der Waals surface area contributed by atoms with E-state index in [2.05, 4.69) is 10.3 Å². The summed E-state index contributed by atoms with van der Waals surface area (Å²) in [6, 6.07) is 7.58. The molecular formula is C15H18N2O3S. The van der Waals surface area contributed by atoms with Crippen LogP contribution in [-0.4, -0.2) is 23.0 Å². The monoisotopic (exact) mass is 306 g/mol. The number of aldehydes is 1. The number of aromatic nitrogens is 1. The summed E-state index contributed by atoms with van der Waals surface area (Å²) < 4.78 is 6.16. The van der Waals surface area contributed by atoms with Crippen LogP contribution >= 0.6 is 11.3 Å². The zero-order valence-electron chi connectivity index (χ0n) is 12.5. The van der Waals surface area contributed by atoms with Crippen molar-refractivity contribution < 1.29 is 14.3 Å². The van der Waals surface area contributed by atoms with Gasteiger partial charge in [-0.25, -0.2) is 9.78 Å². The minimum Gasteiger partial charge on any atom is -0.444 e. The van der Waals surface area contributed by atoms with Gasteiger partial charge in [0.15, 0.2) is 6.29 Å². The topological polar surface area (TPSA) is 68.3 Å². The molecule has 1 N–H and O–H groups in total. The van der Waals surface area contributed by atoms with Crippen molar-refractivity contribution in [3.63, 3.8) is 0 Å². The largest absolute Gasteiger partial charge is 0.444 e. The maximum absolute atomic E-state index is 11.9. The molecule has 0 bridgehead atoms. The Kier molecular flexibility index (Phi) is 4.00. The molecule has 0 aliphatic rings. The number of para-hydroxylation sites is 1. The van der Waals surface area contributed by atoms with E-state index in [1.807, 2.05) is 24.3 Å². The highest BCUT2D eigenvalue weighted by Gasteiger charge is 2.33. The third kappa shape index (κ3) is 3.58. The lowest BCUT2D eigenvalue weighted by atomic mass is 10.1. The standard InChI is InChI=1S/C15H18N2O3S/c1-14(2,3)20-13(19)17-15(4,9-18)12-16-10-7-5-6-8-11(10)21-12/h5-9H,1-4H3,(H,17,19). The average Bonchev–Trinajstić information content (AvgIpc) is 2.80. The van der Waals surface area contributed by atoms with Gasteiger partial charge in [0.25, 0.3) is 0 Å². The number of thiazole rings is 1. The predicted molar refractivity (Wildman–Crippen MR) is 82.4 cm³/mol. The number of nitrogens with one attached hydrogen (secondary N) is 1. The van der Waals surface area contributed by atoms with Crippen LogP contribution in [0.25, 0.3) is 10.2 Å². The third-order valence-electron chi connectivity index (χ3n) is 2.73. The molecule has 1 aromatic heterocycles. The Bertz CT molecular complexity index is 642. The normalized spacial score (nSPS) is 14.5. The summed E-state index contributed by atoms with van der Waals surface area (Å²) in [6.07, 6.45) is 0.0330. The average molecular weight is 306 g/mol. The zero-order valence-corrected chi connectivity index (χ0v) is 13.3. The van der Waals surface area contributed by atoms with Gasteiger partial charge >= 0.3 is 6.09 Å². The summed E-state index contributed by atoms with van der Waals surface area (Å²) in [6.45, 7) is 6.91. The van der Waals surface area contributed by atoms with Gasteiger partial charge in [-0.3, -0.25) is 0 Å². The van der Waals surface area contributed by atoms with Gasteiger partial charge < -0.3 is 14.8 Å². The van der Waals surface area contributed by atoms with Crippen molar-refractivity contribution in [3.8, 4) is 0 Å². The number of carbonyl (C=O) groups excluding carboxylic acids is 2. The molecule has 21 heavy (non-hydrogen) atoms. The number of benzene rings is 1. The van der Waals surface area contributed by atoms with Crippen LogP contribution in [0.2, 0.25) is 0 Å². The Labute approximate surface area is 127 Å². The van der Waals surface area contributed by atoms with E-state index in [0.29, 0.717) is 11.3 Å². The van der Waals surface area contributed by atoms with Crippen molar-refractivity contribution in [3.05, 3.63) is 29.3 Å². The van der Waals surface area contributed by atoms with E-state index in [1.54, 1.807) is 27.7 Å². The van der Waals surface area contributed by atoms with Gasteiger partial charge in [0.2, 0.25) is 0 Å². The van der Waals surface area contributed by atoms with Crippen molar-refractivity contribution >= 4 is 33.9 Å². The zero-order chi connectivity index (χ0) is 15.7. The fourth-order valence-corrected chi connectivity index (χ4v) is 2.77. The van der Waals surface area contributed by atoms with Crippen molar-refractivity contribution in [2.24, 2.45) is 0 Å². The van der Waals surface area contributed by atoms with Crippen molar-refractivity contribution in [2.45, 2.75) is 38.8 Å². The van der Waals surface area contributed by atoms with E-state index in [-0.39, 0.29) is 0 Å². The molecule has 0 aliphatic heterocycles. The highest BCUT2D eigenvalue weighted by molar-refractivity contribution is 7.18. The van der Waals surface area contributed by atoms with Crippen LogP contribution in [0.3, 0.4) is 0 Å². The molecule has 0 radical (unpaired) electrons. The quantitative estimate of drug-likeness (QED) is 0.884. The first-order valence-corrected chi connectivity index (χ1v) is 7.39. The number of amides is 1. The van der Waals surface area contributed by atoms with Gasteiger partial charge in [0, 0.05) is 0 Å². The maximum Gasteiger partial charge on any atom is 0.408 e. The number of rotatable bonds is 3. The number of carbonyl (C=O) groups is 2. The highest BCUT2D eigenvalue weighted by atomic mass is 32.1. The molecule has 5 nitrogen and oxygen atoms in total. The number of hydrogen-bond donors (Lipinski definition) is 1. The Hall–Kier alpha value is -1.95. The minimum atomic E-state index is -1.20. The van der Waals surface area contributed by atoms with E-state index in [1.165, 1.54) is 11.3 Å². The minimum absolute atomic E-state index is 0.532. The third-order valence-corrected chi connectivity index (χ3v) is 4.01. The number of nitrogens with zero attached hydrogens (tertiary/aromatic N) is 1. The Morgan fingerprint density at radius 3 is 2.52 bits per heavy atom. The van der Waals surface area contributed by atoms with Gasteiger partial charge in [0.1, 0.15) is 16.1 Å². The van der Waals surface area contributed by atoms with E-state index in [4.69, 9.17) is 4.74 Å². The Morgan fingerprint density at radius 2 is 1.95 bits per heavy atom. The molecule has 1 atom stereocenters. The Morgan fingerprint density at radius 1 is 1.29 bits per heavy atom. The van der Waals surface area contributed by atoms with E-state index >= 15 is 0 Å². The molecule has 1 heterocycles. The summed E-state index contributed by atoms with van der Waals surface area (Å²) in [5.41, 5.74) is -1.02. The molecule has 0 spiro atoms. The van der Waals surface area contributed by atoms with E-state index in [9.17, 15) is 9.59 Å². The van der Waals surface area contributed by atoms with Crippen LogP contribution in [0.1, 0.15) is 32.7 Å². The molecule has 0 saturated carbocycles. The van der Waals surface area contributed by atoms with E-state index < -0.39 is 17.2 Å². The molecule has 0 fully saturated rings. The lowest BCUT2D eigenvalue weighted by Gasteiger charge is -2.25. The van der Waals surface area contributed by atoms with Crippen LogP contribution < -0.4 is 5.32 Å². The second-order valence-electron chi connectivity index (χ2n) is 5.93. The summed E-state index contributed by atoms with van der Waals surface area (Å²) in [5.74, 6) is 0. The van der Waals surface area contributed by atoms with Crippen molar-refractivity contribution in [2.75, 3.05) is 0 Å². The number of alkyl carbamates (subject to hydrolysis) is 1. The maximum atomic E-state index is 11.9. The van der Waals surface area contributed by atoms with Gasteiger partial charge in [-0.2, -0.15) is 0 Å². The first-order chi connectivity index (χ1) is 9.73. The summed E-state index contributed by atoms with van der Waals surface area (Å²) in [5, 5.41) is 3.13. The second-order valence-corrected chi connectivity index (χ2v) is 6.96. The molecule has 6 heteroatoms. The number of fused-ring (bicyclic) bond motifs is 1. The van der Waals surface area contributed by atoms with Gasteiger partial charge in [-0.05, 0) is 39.8 Å². The molecule has 1 aromatic carbocycles. The Balaban J connectivity index is 2.28. The SMILES string of the molecule is CC(C)(C)OC(=O)NC(C)(C=O)c1nc2ccccc2s1. The highest BCUT2D eigenvalue weighted by Crippen LogP contribution is 2.29. The molecule has 0 saturated heterocycles. The lowest BCUT2D eigenvalue weighted by Crippen LogP contribution is -2.46. The molecule has 1 amide bonds. The molecule has 2 aromatic rings. The van der Waals surface area contributed by atoms with Crippen LogP contribution in [0.15, 0.2) is 24.3 Å². The second kappa shape index (κ2) is 5.44. The first kappa shape index (κ1) is 15.4. The summed E-state index contributed by atoms with van der Waals surface area (Å²) in [4.78, 5) is 27.8. The fraction of sp³-hybridized carbons (Fsp3) is 0.400. The van der Waals surface area contributed by atoms with Gasteiger partial charge in [-0.1, -0.05) is 12.1 Å². The molecule has 0 aliphatic carbocycles. The molecular weight excluding hydrogens is 288 g/mol. The summed E-state index contributed by atoms with van der Waals surface area (Å²) >= 11 is 1.38. The van der Waals surface area contributed by atoms with E-state index in [0.717, 1.165) is 10.2 Å². The molecule has 112 valence electrons. The summed E-state index contributed by atoms with van der Waals surface area (Å²) in [7, 11) is 0. The van der Waals surface area contributed by atoms with Crippen molar-refractivity contribution in [1.29, 1.82) is 0 Å². The van der Waals surface area contributed by atoms with Gasteiger partial charge in [0.05, 0.1) is 10.2 Å². The van der Waals surface area contributed by atoms with Crippen LogP contribution in [0.4, 0.5) is 4.79 Å². The van der Waals surface area contributed by atoms with Crippen LogP contribution in [-0.2, 0) is 15.1 Å². The lowest BCUT2D eigenvalue weighted by molar-refractivity contribution is -0.113. The predicted octanol–water partition coefficient (Wildman–Crippen LogP) is 3.24. The first-order valence-electron chi connectivity index (χ1n) is 6.57. The fourth-order valence-electron chi connectivity index (χ4n) is 1.74. The molecule has 2 rings (SSSR count). The smallest absolute Gasteiger partial charge is 0.408 e. The number of hydrogen-bond acceptors (Lipinski definition) is 5. The molecule has 1 unspecified atom stereocenters. The number of ether oxygens (including phenoxy) is 1. The van der Waals surface area contributed by atoms with Crippen LogP contribution in [0, 0.1) is 0 Å². The van der Waals surface area contributed by atoms with Crippen LogP contribution in [0.5, 0.6) is 0 Å². The van der Waals surface area contributed by atoms with Crippen molar-refractivity contribution in [1.82, 2.24) is 10.3 Å². The van der Waals surface area contributed by atoms with Gasteiger partial charge in [-0.15, -0.1) is 11.3 Å².